The second kappa shape index (κ2) is 8.38. The molecule has 0 fully saturated rings. The van der Waals surface area contributed by atoms with Crippen molar-refractivity contribution in [2.24, 2.45) is 5.73 Å². The van der Waals surface area contributed by atoms with Crippen molar-refractivity contribution in [3.63, 3.8) is 0 Å². The summed E-state index contributed by atoms with van der Waals surface area (Å²) in [6.07, 6.45) is 0. The van der Waals surface area contributed by atoms with Crippen LogP contribution in [0.2, 0.25) is 10.0 Å². The number of aromatic hydroxyl groups is 1. The van der Waals surface area contributed by atoms with Crippen LogP contribution in [0.3, 0.4) is 0 Å². The van der Waals surface area contributed by atoms with Crippen LogP contribution in [-0.2, 0) is 6.61 Å². The van der Waals surface area contributed by atoms with Gasteiger partial charge in [-0.3, -0.25) is 0 Å². The van der Waals surface area contributed by atoms with E-state index >= 15 is 0 Å². The third-order valence-corrected chi connectivity index (χ3v) is 5.41. The molecule has 3 aromatic carbocycles. The largest absolute Gasteiger partial charge is 0.508 e. The van der Waals surface area contributed by atoms with Crippen LogP contribution in [0.25, 0.3) is 0 Å². The summed E-state index contributed by atoms with van der Waals surface area (Å²) in [5.74, 6) is -0.374. The van der Waals surface area contributed by atoms with Gasteiger partial charge in [-0.15, -0.1) is 0 Å². The topological polar surface area (TPSA) is 88.5 Å². The highest BCUT2D eigenvalue weighted by atomic mass is 35.5. The molecule has 0 saturated carbocycles. The van der Waals surface area contributed by atoms with Crippen LogP contribution in [0.4, 0.5) is 4.39 Å². The molecular formula is C23H15Cl2FN2O3. The first-order chi connectivity index (χ1) is 14.9. The second-order valence-corrected chi connectivity index (χ2v) is 7.69. The van der Waals surface area contributed by atoms with E-state index < -0.39 is 5.92 Å². The van der Waals surface area contributed by atoms with E-state index in [1.807, 2.05) is 0 Å². The molecule has 0 radical (unpaired) electrons. The molecule has 0 spiro atoms. The van der Waals surface area contributed by atoms with E-state index in [1.165, 1.54) is 24.3 Å². The van der Waals surface area contributed by atoms with E-state index in [2.05, 4.69) is 6.07 Å². The zero-order chi connectivity index (χ0) is 22.1. The van der Waals surface area contributed by atoms with Gasteiger partial charge in [0.2, 0.25) is 5.88 Å². The second-order valence-electron chi connectivity index (χ2n) is 6.88. The smallest absolute Gasteiger partial charge is 0.205 e. The Labute approximate surface area is 187 Å². The highest BCUT2D eigenvalue weighted by Gasteiger charge is 2.31. The molecule has 1 heterocycles. The van der Waals surface area contributed by atoms with E-state index in [1.54, 1.807) is 30.3 Å². The maximum absolute atomic E-state index is 13.1. The molecule has 8 heteroatoms. The lowest BCUT2D eigenvalue weighted by Crippen LogP contribution is -2.21. The van der Waals surface area contributed by atoms with Crippen molar-refractivity contribution in [1.29, 1.82) is 5.26 Å². The molecule has 4 rings (SSSR count). The first-order valence-corrected chi connectivity index (χ1v) is 9.89. The highest BCUT2D eigenvalue weighted by Crippen LogP contribution is 2.46. The molecule has 0 bridgehead atoms. The lowest BCUT2D eigenvalue weighted by Gasteiger charge is -2.27. The molecule has 1 atom stereocenters. The van der Waals surface area contributed by atoms with Crippen molar-refractivity contribution in [2.75, 3.05) is 0 Å². The number of benzene rings is 3. The van der Waals surface area contributed by atoms with Crippen LogP contribution in [0, 0.1) is 17.1 Å². The minimum atomic E-state index is -0.588. The molecule has 1 aliphatic rings. The number of halogens is 3. The number of hydrogen-bond acceptors (Lipinski definition) is 5. The fourth-order valence-corrected chi connectivity index (χ4v) is 4.02. The van der Waals surface area contributed by atoms with Gasteiger partial charge in [0.1, 0.15) is 35.6 Å². The Morgan fingerprint density at radius 3 is 2.42 bits per heavy atom. The average molecular weight is 457 g/mol. The van der Waals surface area contributed by atoms with Crippen LogP contribution in [0.1, 0.15) is 22.6 Å². The van der Waals surface area contributed by atoms with E-state index in [0.29, 0.717) is 16.9 Å². The van der Waals surface area contributed by atoms with Gasteiger partial charge in [-0.25, -0.2) is 4.39 Å². The van der Waals surface area contributed by atoms with Crippen molar-refractivity contribution in [3.05, 3.63) is 98.6 Å². The Kier molecular flexibility index (Phi) is 5.64. The fourth-order valence-electron chi connectivity index (χ4n) is 3.41. The first kappa shape index (κ1) is 20.9. The maximum atomic E-state index is 13.1. The Bertz CT molecular complexity index is 1210. The molecule has 0 amide bonds. The quantitative estimate of drug-likeness (QED) is 0.530. The SMILES string of the molecule is N#CC1=C(N)Oc2cc(O)ccc2[C@@H]1c1cc(Cl)c(OCc2ccc(F)cc2)c(Cl)c1. The number of phenolic OH excluding ortho intramolecular Hbond substituents is 1. The summed E-state index contributed by atoms with van der Waals surface area (Å²) in [6.45, 7) is 0.148. The van der Waals surface area contributed by atoms with Gasteiger partial charge in [0.05, 0.1) is 16.0 Å². The molecule has 0 saturated heterocycles. The minimum Gasteiger partial charge on any atom is -0.508 e. The van der Waals surface area contributed by atoms with Gasteiger partial charge in [0.15, 0.2) is 5.75 Å². The maximum Gasteiger partial charge on any atom is 0.205 e. The zero-order valence-electron chi connectivity index (χ0n) is 15.9. The highest BCUT2D eigenvalue weighted by molar-refractivity contribution is 6.37. The van der Waals surface area contributed by atoms with Crippen molar-refractivity contribution < 1.29 is 19.0 Å². The lowest BCUT2D eigenvalue weighted by atomic mass is 9.83. The predicted molar refractivity (Wildman–Crippen MR) is 115 cm³/mol. The van der Waals surface area contributed by atoms with Crippen molar-refractivity contribution >= 4 is 23.2 Å². The predicted octanol–water partition coefficient (Wildman–Crippen LogP) is 5.64. The molecule has 156 valence electrons. The number of nitrogens with zero attached hydrogens (tertiary/aromatic N) is 1. The fraction of sp³-hybridized carbons (Fsp3) is 0.0870. The van der Waals surface area contributed by atoms with Crippen LogP contribution < -0.4 is 15.2 Å². The minimum absolute atomic E-state index is 0.00585. The molecule has 0 aromatic heterocycles. The van der Waals surface area contributed by atoms with Crippen LogP contribution in [0.5, 0.6) is 17.2 Å². The molecule has 5 nitrogen and oxygen atoms in total. The van der Waals surface area contributed by atoms with Gasteiger partial charge in [-0.1, -0.05) is 41.4 Å². The molecule has 31 heavy (non-hydrogen) atoms. The van der Waals surface area contributed by atoms with Crippen molar-refractivity contribution in [1.82, 2.24) is 0 Å². The molecule has 0 aliphatic carbocycles. The Balaban J connectivity index is 1.70. The number of nitriles is 1. The first-order valence-electron chi connectivity index (χ1n) is 9.14. The van der Waals surface area contributed by atoms with Crippen LogP contribution in [0.15, 0.2) is 66.1 Å². The number of rotatable bonds is 4. The van der Waals surface area contributed by atoms with Crippen molar-refractivity contribution in [3.8, 4) is 23.3 Å². The summed E-state index contributed by atoms with van der Waals surface area (Å²) >= 11 is 12.9. The number of phenols is 1. The third kappa shape index (κ3) is 4.11. The van der Waals surface area contributed by atoms with E-state index in [4.69, 9.17) is 38.4 Å². The van der Waals surface area contributed by atoms with Crippen molar-refractivity contribution in [2.45, 2.75) is 12.5 Å². The molecular weight excluding hydrogens is 442 g/mol. The number of ether oxygens (including phenoxy) is 2. The molecule has 3 N–H and O–H groups in total. The van der Waals surface area contributed by atoms with Gasteiger partial charge in [-0.2, -0.15) is 5.26 Å². The lowest BCUT2D eigenvalue weighted by molar-refractivity contribution is 0.306. The average Bonchev–Trinajstić information content (AvgIpc) is 2.73. The van der Waals surface area contributed by atoms with Gasteiger partial charge >= 0.3 is 0 Å². The van der Waals surface area contributed by atoms with Gasteiger partial charge in [0, 0.05) is 11.6 Å². The third-order valence-electron chi connectivity index (χ3n) is 4.85. The molecule has 1 aliphatic heterocycles. The summed E-state index contributed by atoms with van der Waals surface area (Å²) in [7, 11) is 0. The Hall–Kier alpha value is -3.40. The Morgan fingerprint density at radius 1 is 1.10 bits per heavy atom. The van der Waals surface area contributed by atoms with E-state index in [0.717, 1.165) is 5.56 Å². The monoisotopic (exact) mass is 456 g/mol. The van der Waals surface area contributed by atoms with E-state index in [9.17, 15) is 14.8 Å². The standard InChI is InChI=1S/C23H15Cl2FN2O3/c24-18-7-13(8-19(25)22(18)30-11-12-1-3-14(26)4-2-12)21-16-6-5-15(29)9-20(16)31-23(28)17(21)10-27/h1-9,21,29H,11,28H2/t21-/m0/s1. The van der Waals surface area contributed by atoms with E-state index in [-0.39, 0.29) is 45.4 Å². The molecule has 0 unspecified atom stereocenters. The summed E-state index contributed by atoms with van der Waals surface area (Å²) in [4.78, 5) is 0. The number of fused-ring (bicyclic) bond motifs is 1. The Morgan fingerprint density at radius 2 is 1.77 bits per heavy atom. The van der Waals surface area contributed by atoms with Gasteiger partial charge in [-0.05, 0) is 41.5 Å². The summed E-state index contributed by atoms with van der Waals surface area (Å²) < 4.78 is 24.3. The van der Waals surface area contributed by atoms with Crippen LogP contribution >= 0.6 is 23.2 Å². The summed E-state index contributed by atoms with van der Waals surface area (Å²) in [5.41, 5.74) is 8.14. The van der Waals surface area contributed by atoms with Gasteiger partial charge < -0.3 is 20.3 Å². The molecule has 3 aromatic rings. The van der Waals surface area contributed by atoms with Gasteiger partial charge in [0.25, 0.3) is 0 Å². The number of hydrogen-bond donors (Lipinski definition) is 2. The number of nitrogens with two attached hydrogens (primary N) is 1. The normalized spacial score (nSPS) is 15.1. The summed E-state index contributed by atoms with van der Waals surface area (Å²) in [6, 6.07) is 15.8. The summed E-state index contributed by atoms with van der Waals surface area (Å²) in [5, 5.41) is 19.9. The number of allylic oxidation sites excluding steroid dienone is 1. The zero-order valence-corrected chi connectivity index (χ0v) is 17.4. The van der Waals surface area contributed by atoms with Crippen LogP contribution in [-0.4, -0.2) is 5.11 Å².